The van der Waals surface area contributed by atoms with E-state index in [1.54, 1.807) is 6.33 Å². The van der Waals surface area contributed by atoms with Crippen molar-refractivity contribution in [2.24, 2.45) is 0 Å². The van der Waals surface area contributed by atoms with E-state index in [9.17, 15) is 15.6 Å². The molecule has 0 unspecified atom stereocenters. The fraction of sp³-hybridized carbons (Fsp3) is 0.226. The summed E-state index contributed by atoms with van der Waals surface area (Å²) in [5, 5.41) is 30.3. The van der Waals surface area contributed by atoms with Gasteiger partial charge in [-0.05, 0) is 29.5 Å². The highest BCUT2D eigenvalue weighted by Gasteiger charge is 2.32. The van der Waals surface area contributed by atoms with Crippen molar-refractivity contribution in [3.05, 3.63) is 108 Å². The number of rotatable bonds is 5. The number of benzene rings is 3. The van der Waals surface area contributed by atoms with Crippen LogP contribution in [-0.2, 0) is 6.54 Å². The molecule has 6 heteroatoms. The molecule has 1 aliphatic rings. The van der Waals surface area contributed by atoms with Crippen LogP contribution in [0.15, 0.2) is 97.3 Å². The van der Waals surface area contributed by atoms with Gasteiger partial charge < -0.3 is 19.3 Å². The molecule has 6 rings (SSSR count). The van der Waals surface area contributed by atoms with Gasteiger partial charge in [-0.2, -0.15) is 0 Å². The Morgan fingerprint density at radius 2 is 1.38 bits per heavy atom. The number of aromatic nitrogens is 3. The predicted octanol–water partition coefficient (Wildman–Crippen LogP) is 5.50. The normalized spacial score (nSPS) is 15.7. The van der Waals surface area contributed by atoms with Crippen LogP contribution >= 0.6 is 0 Å². The van der Waals surface area contributed by atoms with Gasteiger partial charge in [0.2, 0.25) is 0 Å². The van der Waals surface area contributed by atoms with Gasteiger partial charge in [0, 0.05) is 31.0 Å². The fourth-order valence-electron chi connectivity index (χ4n) is 5.59. The van der Waals surface area contributed by atoms with Gasteiger partial charge in [-0.3, -0.25) is 5.41 Å². The molecule has 0 spiro atoms. The van der Waals surface area contributed by atoms with Crippen molar-refractivity contribution in [1.82, 2.24) is 14.1 Å². The molecule has 3 N–H and O–H groups in total. The minimum absolute atomic E-state index is 0.00176. The Balaban J connectivity index is 1.64. The first-order valence-corrected chi connectivity index (χ1v) is 12.8. The molecule has 1 fully saturated rings. The zero-order valence-corrected chi connectivity index (χ0v) is 20.6. The van der Waals surface area contributed by atoms with E-state index in [1.807, 2.05) is 59.2 Å². The minimum Gasteiger partial charge on any atom is -0.366 e. The standard InChI is InChI=1S/C31H30N4O2/c32-29-27-26(23-12-6-2-7-13-23)28(24-14-8-3-9-15-24)34(20-22-10-4-1-5-11-22)30(27)33-21-35(29)25-16-18-31(36,37)19-17-25/h1-15,21,25,32,36-37H,16-20H2. The summed E-state index contributed by atoms with van der Waals surface area (Å²) in [5.41, 5.74) is 6.50. The summed E-state index contributed by atoms with van der Waals surface area (Å²) in [5.74, 6) is -1.62. The number of hydrogen-bond donors (Lipinski definition) is 3. The van der Waals surface area contributed by atoms with Crippen molar-refractivity contribution < 1.29 is 10.2 Å². The van der Waals surface area contributed by atoms with Crippen molar-refractivity contribution >= 4 is 11.0 Å². The molecule has 0 aliphatic heterocycles. The molecule has 0 bridgehead atoms. The molecule has 1 saturated carbocycles. The lowest BCUT2D eigenvalue weighted by Crippen LogP contribution is -2.36. The molecule has 6 nitrogen and oxygen atoms in total. The van der Waals surface area contributed by atoms with Crippen LogP contribution in [0.3, 0.4) is 0 Å². The molecule has 2 heterocycles. The first-order chi connectivity index (χ1) is 18.0. The second-order valence-corrected chi connectivity index (χ2v) is 9.94. The summed E-state index contributed by atoms with van der Waals surface area (Å²) in [6, 6.07) is 30.9. The van der Waals surface area contributed by atoms with Crippen molar-refractivity contribution in [2.45, 2.75) is 44.1 Å². The lowest BCUT2D eigenvalue weighted by atomic mass is 9.90. The average Bonchev–Trinajstić information content (AvgIpc) is 3.25. The number of nitrogens with zero attached hydrogens (tertiary/aromatic N) is 3. The zero-order valence-electron chi connectivity index (χ0n) is 20.6. The van der Waals surface area contributed by atoms with Gasteiger partial charge in [-0.1, -0.05) is 91.0 Å². The maximum atomic E-state index is 10.1. The SMILES string of the molecule is N=c1c2c(-c3ccccc3)c(-c3ccccc3)n(Cc3ccccc3)c2ncn1C1CCC(O)(O)CC1. The van der Waals surface area contributed by atoms with Crippen LogP contribution in [0, 0.1) is 5.41 Å². The summed E-state index contributed by atoms with van der Waals surface area (Å²) in [6.45, 7) is 0.631. The number of fused-ring (bicyclic) bond motifs is 1. The average molecular weight is 491 g/mol. The van der Waals surface area contributed by atoms with E-state index in [0.29, 0.717) is 24.9 Å². The number of hydrogen-bond acceptors (Lipinski definition) is 4. The quantitative estimate of drug-likeness (QED) is 0.285. The minimum atomic E-state index is -1.62. The Morgan fingerprint density at radius 3 is 2.00 bits per heavy atom. The molecular weight excluding hydrogens is 460 g/mol. The van der Waals surface area contributed by atoms with E-state index >= 15 is 0 Å². The van der Waals surface area contributed by atoms with E-state index in [2.05, 4.69) is 41.0 Å². The maximum Gasteiger partial charge on any atom is 0.162 e. The third-order valence-corrected chi connectivity index (χ3v) is 7.48. The zero-order chi connectivity index (χ0) is 25.4. The second-order valence-electron chi connectivity index (χ2n) is 9.94. The van der Waals surface area contributed by atoms with E-state index in [0.717, 1.165) is 39.0 Å². The third kappa shape index (κ3) is 4.39. The molecule has 2 aromatic heterocycles. The number of nitrogens with one attached hydrogen (secondary N) is 1. The van der Waals surface area contributed by atoms with E-state index < -0.39 is 5.79 Å². The summed E-state index contributed by atoms with van der Waals surface area (Å²) in [4.78, 5) is 4.96. The van der Waals surface area contributed by atoms with Crippen LogP contribution in [0.25, 0.3) is 33.4 Å². The third-order valence-electron chi connectivity index (χ3n) is 7.48. The monoisotopic (exact) mass is 490 g/mol. The lowest BCUT2D eigenvalue weighted by molar-refractivity contribution is -0.185. The summed E-state index contributed by atoms with van der Waals surface area (Å²) >= 11 is 0. The largest absolute Gasteiger partial charge is 0.366 e. The Kier molecular flexibility index (Phi) is 5.99. The van der Waals surface area contributed by atoms with Crippen molar-refractivity contribution in [1.29, 1.82) is 5.41 Å². The Bertz CT molecular complexity index is 1580. The molecule has 5 aromatic rings. The van der Waals surface area contributed by atoms with Crippen LogP contribution in [0.4, 0.5) is 0 Å². The highest BCUT2D eigenvalue weighted by Crippen LogP contribution is 2.40. The number of aliphatic hydroxyl groups is 2. The maximum absolute atomic E-state index is 10.1. The highest BCUT2D eigenvalue weighted by atomic mass is 16.5. The van der Waals surface area contributed by atoms with Gasteiger partial charge >= 0.3 is 0 Å². The summed E-state index contributed by atoms with van der Waals surface area (Å²) < 4.78 is 4.16. The molecule has 37 heavy (non-hydrogen) atoms. The molecule has 1 aliphatic carbocycles. The second kappa shape index (κ2) is 9.47. The Labute approximate surface area is 215 Å². The van der Waals surface area contributed by atoms with Crippen LogP contribution in [-0.4, -0.2) is 30.1 Å². The molecule has 0 amide bonds. The first kappa shape index (κ1) is 23.4. The molecule has 0 saturated heterocycles. The van der Waals surface area contributed by atoms with Crippen LogP contribution < -0.4 is 5.49 Å². The van der Waals surface area contributed by atoms with Gasteiger partial charge in [0.05, 0.1) is 17.4 Å². The van der Waals surface area contributed by atoms with Gasteiger partial charge in [-0.25, -0.2) is 4.98 Å². The molecule has 0 atom stereocenters. The van der Waals surface area contributed by atoms with Crippen LogP contribution in [0.1, 0.15) is 37.3 Å². The molecule has 186 valence electrons. The summed E-state index contributed by atoms with van der Waals surface area (Å²) in [6.07, 6.45) is 3.53. The highest BCUT2D eigenvalue weighted by molar-refractivity contribution is 6.02. The summed E-state index contributed by atoms with van der Waals surface area (Å²) in [7, 11) is 0. The molecule has 0 radical (unpaired) electrons. The van der Waals surface area contributed by atoms with Gasteiger partial charge in [0.1, 0.15) is 11.1 Å². The van der Waals surface area contributed by atoms with Crippen molar-refractivity contribution in [3.8, 4) is 22.4 Å². The van der Waals surface area contributed by atoms with E-state index in [1.165, 1.54) is 0 Å². The Hall–Kier alpha value is -4.00. The van der Waals surface area contributed by atoms with Crippen LogP contribution in [0.5, 0.6) is 0 Å². The predicted molar refractivity (Wildman–Crippen MR) is 145 cm³/mol. The topological polar surface area (TPSA) is 87.1 Å². The van der Waals surface area contributed by atoms with Gasteiger partial charge in [0.25, 0.3) is 0 Å². The smallest absolute Gasteiger partial charge is 0.162 e. The molecule has 3 aromatic carbocycles. The van der Waals surface area contributed by atoms with Crippen molar-refractivity contribution in [3.63, 3.8) is 0 Å². The van der Waals surface area contributed by atoms with Gasteiger partial charge in [0.15, 0.2) is 5.79 Å². The Morgan fingerprint density at radius 1 is 0.811 bits per heavy atom. The van der Waals surface area contributed by atoms with Crippen molar-refractivity contribution in [2.75, 3.05) is 0 Å². The molecular formula is C31H30N4O2. The fourth-order valence-corrected chi connectivity index (χ4v) is 5.59. The van der Waals surface area contributed by atoms with E-state index in [4.69, 9.17) is 4.98 Å². The first-order valence-electron chi connectivity index (χ1n) is 12.8. The lowest BCUT2D eigenvalue weighted by Gasteiger charge is -2.32. The van der Waals surface area contributed by atoms with Gasteiger partial charge in [-0.15, -0.1) is 0 Å². The van der Waals surface area contributed by atoms with Crippen LogP contribution in [0.2, 0.25) is 0 Å². The van der Waals surface area contributed by atoms with E-state index in [-0.39, 0.29) is 18.9 Å².